The molecule has 2 saturated heterocycles. The molecule has 2 amide bonds. The molecule has 7 nitrogen and oxygen atoms in total. The van der Waals surface area contributed by atoms with E-state index in [0.29, 0.717) is 18.8 Å². The van der Waals surface area contributed by atoms with Gasteiger partial charge in [0.1, 0.15) is 0 Å². The monoisotopic (exact) mass is 365 g/mol. The lowest BCUT2D eigenvalue weighted by molar-refractivity contribution is -0.140. The molecule has 0 bridgehead atoms. The van der Waals surface area contributed by atoms with Crippen LogP contribution in [0.15, 0.2) is 36.5 Å². The van der Waals surface area contributed by atoms with E-state index in [4.69, 9.17) is 0 Å². The molecule has 27 heavy (non-hydrogen) atoms. The van der Waals surface area contributed by atoms with Crippen LogP contribution in [0.2, 0.25) is 0 Å². The van der Waals surface area contributed by atoms with Gasteiger partial charge in [0, 0.05) is 26.2 Å². The van der Waals surface area contributed by atoms with Gasteiger partial charge in [0.15, 0.2) is 5.69 Å². The maximum atomic E-state index is 13.0. The molecule has 3 fully saturated rings. The molecule has 0 radical (unpaired) electrons. The Bertz CT molecular complexity index is 862. The molecule has 2 aromatic rings. The van der Waals surface area contributed by atoms with Crippen molar-refractivity contribution in [2.24, 2.45) is 0 Å². The van der Waals surface area contributed by atoms with Gasteiger partial charge < -0.3 is 9.80 Å². The lowest BCUT2D eigenvalue weighted by Gasteiger charge is -2.41. The predicted octanol–water partition coefficient (Wildman–Crippen LogP) is 1.63. The number of benzene rings is 1. The van der Waals surface area contributed by atoms with E-state index in [9.17, 15) is 9.59 Å². The maximum absolute atomic E-state index is 13.0. The smallest absolute Gasteiger partial charge is 0.276 e. The van der Waals surface area contributed by atoms with Crippen LogP contribution in [0.3, 0.4) is 0 Å². The summed E-state index contributed by atoms with van der Waals surface area (Å²) in [7, 11) is 0. The van der Waals surface area contributed by atoms with Crippen LogP contribution in [0, 0.1) is 0 Å². The van der Waals surface area contributed by atoms with Gasteiger partial charge >= 0.3 is 0 Å². The van der Waals surface area contributed by atoms with Crippen LogP contribution in [0.4, 0.5) is 0 Å². The minimum atomic E-state index is -0.314. The van der Waals surface area contributed by atoms with E-state index in [1.165, 1.54) is 0 Å². The highest BCUT2D eigenvalue weighted by Crippen LogP contribution is 2.50. The maximum Gasteiger partial charge on any atom is 0.276 e. The normalized spacial score (nSPS) is 21.2. The summed E-state index contributed by atoms with van der Waals surface area (Å²) in [5, 5.41) is 8.20. The van der Waals surface area contributed by atoms with E-state index in [1.807, 2.05) is 28.0 Å². The lowest BCUT2D eigenvalue weighted by atomic mass is 9.92. The highest BCUT2D eigenvalue weighted by molar-refractivity contribution is 5.92. The first-order valence-corrected chi connectivity index (χ1v) is 9.73. The molecular formula is C20H23N5O2. The fourth-order valence-corrected chi connectivity index (χ4v) is 4.23. The Morgan fingerprint density at radius 1 is 1.00 bits per heavy atom. The van der Waals surface area contributed by atoms with E-state index in [0.717, 1.165) is 44.3 Å². The topological polar surface area (TPSA) is 71.3 Å². The average molecular weight is 365 g/mol. The number of nitrogens with zero attached hydrogens (tertiary/aromatic N) is 5. The first kappa shape index (κ1) is 16.5. The van der Waals surface area contributed by atoms with Crippen LogP contribution in [-0.4, -0.2) is 62.8 Å². The summed E-state index contributed by atoms with van der Waals surface area (Å²) in [6, 6.07) is 10.2. The fraction of sp³-hybridized carbons (Fsp3) is 0.500. The zero-order valence-electron chi connectivity index (χ0n) is 15.3. The second kappa shape index (κ2) is 6.18. The van der Waals surface area contributed by atoms with Gasteiger partial charge in [-0.3, -0.25) is 9.59 Å². The van der Waals surface area contributed by atoms with Crippen LogP contribution in [0.5, 0.6) is 0 Å². The summed E-state index contributed by atoms with van der Waals surface area (Å²) in [5.41, 5.74) is 1.22. The summed E-state index contributed by atoms with van der Waals surface area (Å²) < 4.78 is 1.75. The van der Waals surface area contributed by atoms with E-state index in [-0.39, 0.29) is 23.3 Å². The molecule has 1 aromatic carbocycles. The third kappa shape index (κ3) is 2.72. The molecule has 3 aliphatic rings. The molecule has 7 heteroatoms. The molecule has 5 rings (SSSR count). The summed E-state index contributed by atoms with van der Waals surface area (Å²) >= 11 is 0. The highest BCUT2D eigenvalue weighted by Gasteiger charge is 2.54. The van der Waals surface area contributed by atoms with E-state index in [2.05, 4.69) is 22.4 Å². The molecule has 140 valence electrons. The van der Waals surface area contributed by atoms with Crippen molar-refractivity contribution in [1.29, 1.82) is 0 Å². The van der Waals surface area contributed by atoms with Gasteiger partial charge in [0.2, 0.25) is 5.91 Å². The zero-order chi connectivity index (χ0) is 18.4. The Morgan fingerprint density at radius 2 is 1.70 bits per heavy atom. The molecular weight excluding hydrogens is 342 g/mol. The van der Waals surface area contributed by atoms with Crippen molar-refractivity contribution in [1.82, 2.24) is 24.8 Å². The molecule has 0 atom stereocenters. The van der Waals surface area contributed by atoms with Crippen LogP contribution >= 0.6 is 0 Å². The molecule has 2 aliphatic heterocycles. The first-order valence-electron chi connectivity index (χ1n) is 9.73. The molecule has 1 saturated carbocycles. The Morgan fingerprint density at radius 3 is 2.37 bits per heavy atom. The Kier molecular flexibility index (Phi) is 3.77. The number of rotatable bonds is 4. The minimum Gasteiger partial charge on any atom is -0.337 e. The van der Waals surface area contributed by atoms with Crippen molar-refractivity contribution in [2.75, 3.05) is 26.2 Å². The minimum absolute atomic E-state index is 0.0352. The summed E-state index contributed by atoms with van der Waals surface area (Å²) in [6.45, 7) is 2.88. The Labute approximate surface area is 157 Å². The van der Waals surface area contributed by atoms with Gasteiger partial charge in [-0.15, -0.1) is 5.10 Å². The molecule has 0 unspecified atom stereocenters. The molecule has 1 aromatic heterocycles. The standard InChI is InChI=1S/C20H23N5O2/c26-18(23-10-4-5-11-23)17-14-25(22-21-17)16-12-24(13-16)19(27)20(8-9-20)15-6-2-1-3-7-15/h1-3,6-7,14,16H,4-5,8-13H2. The van der Waals surface area contributed by atoms with Crippen molar-refractivity contribution in [3.63, 3.8) is 0 Å². The van der Waals surface area contributed by atoms with Crippen molar-refractivity contribution < 1.29 is 9.59 Å². The summed E-state index contributed by atoms with van der Waals surface area (Å²) in [4.78, 5) is 29.1. The third-order valence-corrected chi connectivity index (χ3v) is 6.13. The number of amides is 2. The number of likely N-dealkylation sites (tertiary alicyclic amines) is 2. The van der Waals surface area contributed by atoms with Gasteiger partial charge in [-0.05, 0) is 31.2 Å². The van der Waals surface area contributed by atoms with Crippen LogP contribution in [-0.2, 0) is 10.2 Å². The fourth-order valence-electron chi connectivity index (χ4n) is 4.23. The van der Waals surface area contributed by atoms with Crippen molar-refractivity contribution in [3.8, 4) is 0 Å². The zero-order valence-corrected chi connectivity index (χ0v) is 15.3. The first-order chi connectivity index (χ1) is 13.2. The average Bonchev–Trinajstić information content (AvgIpc) is 3.07. The summed E-state index contributed by atoms with van der Waals surface area (Å²) in [5.74, 6) is 0.186. The van der Waals surface area contributed by atoms with Crippen LogP contribution in [0.25, 0.3) is 0 Å². The number of aromatic nitrogens is 3. The van der Waals surface area contributed by atoms with Crippen LogP contribution in [0.1, 0.15) is 47.8 Å². The quantitative estimate of drug-likeness (QED) is 0.826. The van der Waals surface area contributed by atoms with Gasteiger partial charge in [-0.1, -0.05) is 35.5 Å². The van der Waals surface area contributed by atoms with Gasteiger partial charge in [-0.25, -0.2) is 4.68 Å². The second-order valence-corrected chi connectivity index (χ2v) is 7.90. The lowest BCUT2D eigenvalue weighted by Crippen LogP contribution is -2.54. The highest BCUT2D eigenvalue weighted by atomic mass is 16.2. The number of carbonyl (C=O) groups excluding carboxylic acids is 2. The Balaban J connectivity index is 1.22. The summed E-state index contributed by atoms with van der Waals surface area (Å²) in [6.07, 6.45) is 5.70. The van der Waals surface area contributed by atoms with Crippen molar-refractivity contribution in [3.05, 3.63) is 47.8 Å². The predicted molar refractivity (Wildman–Crippen MR) is 98.1 cm³/mol. The van der Waals surface area contributed by atoms with Gasteiger partial charge in [-0.2, -0.15) is 0 Å². The van der Waals surface area contributed by atoms with Crippen molar-refractivity contribution >= 4 is 11.8 Å². The molecule has 0 N–H and O–H groups in total. The van der Waals surface area contributed by atoms with E-state index >= 15 is 0 Å². The number of hydrogen-bond acceptors (Lipinski definition) is 4. The number of hydrogen-bond donors (Lipinski definition) is 0. The van der Waals surface area contributed by atoms with Crippen molar-refractivity contribution in [2.45, 2.75) is 37.1 Å². The number of carbonyl (C=O) groups is 2. The molecule has 1 aliphatic carbocycles. The third-order valence-electron chi connectivity index (χ3n) is 6.13. The van der Waals surface area contributed by atoms with E-state index < -0.39 is 0 Å². The SMILES string of the molecule is O=C(c1cn(C2CN(C(=O)C3(c4ccccc4)CC3)C2)nn1)N1CCCC1. The van der Waals surface area contributed by atoms with Gasteiger partial charge in [0.05, 0.1) is 17.7 Å². The second-order valence-electron chi connectivity index (χ2n) is 7.90. The Hall–Kier alpha value is -2.70. The van der Waals surface area contributed by atoms with E-state index in [1.54, 1.807) is 10.9 Å². The molecule has 0 spiro atoms. The molecule has 3 heterocycles. The van der Waals surface area contributed by atoms with Crippen LogP contribution < -0.4 is 0 Å². The largest absolute Gasteiger partial charge is 0.337 e. The van der Waals surface area contributed by atoms with Gasteiger partial charge in [0.25, 0.3) is 5.91 Å².